The molecule has 4 heteroatoms. The number of carbonyl (C=O) groups is 2. The van der Waals surface area contributed by atoms with Gasteiger partial charge in [0.2, 0.25) is 5.91 Å². The molecule has 0 bridgehead atoms. The SMILES string of the molecule is CC#CC(=O)N(C)CC(=O)N1CCCc2ccccc21. The highest BCUT2D eigenvalue weighted by Gasteiger charge is 2.23. The Kier molecular flexibility index (Phi) is 4.41. The number of hydrogen-bond acceptors (Lipinski definition) is 2. The third-order valence-electron chi connectivity index (χ3n) is 3.36. The fraction of sp³-hybridized carbons (Fsp3) is 0.375. The van der Waals surface area contributed by atoms with Crippen LogP contribution in [0.25, 0.3) is 0 Å². The van der Waals surface area contributed by atoms with Gasteiger partial charge in [0, 0.05) is 19.3 Å². The highest BCUT2D eigenvalue weighted by molar-refractivity contribution is 6.00. The van der Waals surface area contributed by atoms with Crippen LogP contribution in [0.5, 0.6) is 0 Å². The Hall–Kier alpha value is -2.28. The van der Waals surface area contributed by atoms with Gasteiger partial charge in [-0.15, -0.1) is 0 Å². The van der Waals surface area contributed by atoms with Crippen LogP contribution in [-0.4, -0.2) is 36.9 Å². The molecule has 0 radical (unpaired) electrons. The van der Waals surface area contributed by atoms with Crippen molar-refractivity contribution in [2.24, 2.45) is 0 Å². The normalized spacial score (nSPS) is 13.0. The van der Waals surface area contributed by atoms with Crippen molar-refractivity contribution in [3.8, 4) is 11.8 Å². The third kappa shape index (κ3) is 3.00. The summed E-state index contributed by atoms with van der Waals surface area (Å²) >= 11 is 0. The lowest BCUT2D eigenvalue weighted by Crippen LogP contribution is -2.43. The number of hydrogen-bond donors (Lipinski definition) is 0. The van der Waals surface area contributed by atoms with Gasteiger partial charge in [-0.05, 0) is 37.3 Å². The molecule has 104 valence electrons. The first-order chi connectivity index (χ1) is 9.63. The molecule has 0 unspecified atom stereocenters. The van der Waals surface area contributed by atoms with Crippen LogP contribution in [0.4, 0.5) is 5.69 Å². The average Bonchev–Trinajstić information content (AvgIpc) is 2.46. The molecule has 20 heavy (non-hydrogen) atoms. The molecule has 4 nitrogen and oxygen atoms in total. The maximum absolute atomic E-state index is 12.4. The molecule has 1 aromatic rings. The predicted molar refractivity (Wildman–Crippen MR) is 78.2 cm³/mol. The molecule has 1 aliphatic heterocycles. The number of likely N-dealkylation sites (N-methyl/N-ethyl adjacent to an activating group) is 1. The summed E-state index contributed by atoms with van der Waals surface area (Å²) in [7, 11) is 1.60. The van der Waals surface area contributed by atoms with Gasteiger partial charge in [-0.1, -0.05) is 24.1 Å². The summed E-state index contributed by atoms with van der Waals surface area (Å²) in [4.78, 5) is 27.1. The van der Waals surface area contributed by atoms with Crippen LogP contribution in [0.2, 0.25) is 0 Å². The van der Waals surface area contributed by atoms with Crippen LogP contribution in [0.1, 0.15) is 18.9 Å². The van der Waals surface area contributed by atoms with Crippen LogP contribution in [-0.2, 0) is 16.0 Å². The van der Waals surface area contributed by atoms with Crippen LogP contribution in [0, 0.1) is 11.8 Å². The maximum atomic E-state index is 12.4. The number of anilines is 1. The third-order valence-corrected chi connectivity index (χ3v) is 3.36. The average molecular weight is 270 g/mol. The molecule has 1 heterocycles. The lowest BCUT2D eigenvalue weighted by atomic mass is 10.0. The summed E-state index contributed by atoms with van der Waals surface area (Å²) in [6.07, 6.45) is 1.95. The summed E-state index contributed by atoms with van der Waals surface area (Å²) in [5.41, 5.74) is 2.15. The molecular weight excluding hydrogens is 252 g/mol. The van der Waals surface area contributed by atoms with E-state index in [0.29, 0.717) is 6.54 Å². The van der Waals surface area contributed by atoms with Crippen molar-refractivity contribution in [2.45, 2.75) is 19.8 Å². The van der Waals surface area contributed by atoms with E-state index in [-0.39, 0.29) is 18.4 Å². The quantitative estimate of drug-likeness (QED) is 0.763. The minimum atomic E-state index is -0.328. The smallest absolute Gasteiger partial charge is 0.298 e. The van der Waals surface area contributed by atoms with Gasteiger partial charge in [0.15, 0.2) is 0 Å². The molecule has 0 spiro atoms. The number of para-hydroxylation sites is 1. The minimum Gasteiger partial charge on any atom is -0.326 e. The number of fused-ring (bicyclic) bond motifs is 1. The van der Waals surface area contributed by atoms with Gasteiger partial charge < -0.3 is 9.80 Å². The minimum absolute atomic E-state index is 0.0574. The summed E-state index contributed by atoms with van der Waals surface area (Å²) in [6, 6.07) is 7.92. The highest BCUT2D eigenvalue weighted by atomic mass is 16.2. The zero-order chi connectivity index (χ0) is 14.5. The standard InChI is InChI=1S/C16H18N2O2/c1-3-7-15(19)17(2)12-16(20)18-11-6-9-13-8-4-5-10-14(13)18/h4-5,8,10H,6,9,11-12H2,1-2H3. The van der Waals surface area contributed by atoms with Crippen molar-refractivity contribution >= 4 is 17.5 Å². The fourth-order valence-corrected chi connectivity index (χ4v) is 2.36. The van der Waals surface area contributed by atoms with Crippen molar-refractivity contribution in [3.63, 3.8) is 0 Å². The van der Waals surface area contributed by atoms with Crippen molar-refractivity contribution in [3.05, 3.63) is 29.8 Å². The molecular formula is C16H18N2O2. The first-order valence-corrected chi connectivity index (χ1v) is 6.69. The Labute approximate surface area is 119 Å². The van der Waals surface area contributed by atoms with Crippen LogP contribution >= 0.6 is 0 Å². The topological polar surface area (TPSA) is 40.6 Å². The van der Waals surface area contributed by atoms with Crippen molar-refractivity contribution in [1.82, 2.24) is 4.90 Å². The Bertz CT molecular complexity index is 584. The zero-order valence-corrected chi connectivity index (χ0v) is 11.8. The molecule has 0 atom stereocenters. The first-order valence-electron chi connectivity index (χ1n) is 6.69. The van der Waals surface area contributed by atoms with Crippen molar-refractivity contribution in [1.29, 1.82) is 0 Å². The molecule has 2 rings (SSSR count). The van der Waals surface area contributed by atoms with Crippen molar-refractivity contribution in [2.75, 3.05) is 25.0 Å². The second-order valence-electron chi connectivity index (χ2n) is 4.81. The van der Waals surface area contributed by atoms with E-state index in [9.17, 15) is 9.59 Å². The van der Waals surface area contributed by atoms with Gasteiger partial charge >= 0.3 is 0 Å². The Morgan fingerprint density at radius 2 is 2.10 bits per heavy atom. The fourth-order valence-electron chi connectivity index (χ4n) is 2.36. The predicted octanol–water partition coefficient (Wildman–Crippen LogP) is 1.45. The molecule has 0 aromatic heterocycles. The summed E-state index contributed by atoms with van der Waals surface area (Å²) in [5.74, 6) is 4.60. The molecule has 1 aromatic carbocycles. The monoisotopic (exact) mass is 270 g/mol. The molecule has 0 aliphatic carbocycles. The van der Waals surface area contributed by atoms with E-state index < -0.39 is 0 Å². The largest absolute Gasteiger partial charge is 0.326 e. The number of rotatable bonds is 2. The molecule has 0 saturated carbocycles. The second kappa shape index (κ2) is 6.25. The van der Waals surface area contributed by atoms with Gasteiger partial charge in [-0.2, -0.15) is 0 Å². The summed E-state index contributed by atoms with van der Waals surface area (Å²) < 4.78 is 0. The van der Waals surface area contributed by atoms with Gasteiger partial charge in [0.1, 0.15) is 6.54 Å². The van der Waals surface area contributed by atoms with Gasteiger partial charge in [-0.3, -0.25) is 9.59 Å². The Morgan fingerprint density at radius 3 is 2.85 bits per heavy atom. The number of carbonyl (C=O) groups excluding carboxylic acids is 2. The van der Waals surface area contributed by atoms with Crippen LogP contribution in [0.3, 0.4) is 0 Å². The molecule has 0 fully saturated rings. The molecule has 0 saturated heterocycles. The van der Waals surface area contributed by atoms with Gasteiger partial charge in [0.05, 0.1) is 0 Å². The van der Waals surface area contributed by atoms with E-state index in [4.69, 9.17) is 0 Å². The number of nitrogens with zero attached hydrogens (tertiary/aromatic N) is 2. The number of benzene rings is 1. The van der Waals surface area contributed by atoms with Crippen LogP contribution in [0.15, 0.2) is 24.3 Å². The number of amides is 2. The Balaban J connectivity index is 2.10. The lowest BCUT2D eigenvalue weighted by molar-refractivity contribution is -0.129. The van der Waals surface area contributed by atoms with Gasteiger partial charge in [-0.25, -0.2) is 0 Å². The lowest BCUT2D eigenvalue weighted by Gasteiger charge is -2.30. The summed E-state index contributed by atoms with van der Waals surface area (Å²) in [5, 5.41) is 0. The van der Waals surface area contributed by atoms with Crippen molar-refractivity contribution < 1.29 is 9.59 Å². The first kappa shape index (κ1) is 14.1. The Morgan fingerprint density at radius 1 is 1.35 bits per heavy atom. The highest BCUT2D eigenvalue weighted by Crippen LogP contribution is 2.26. The summed E-state index contributed by atoms with van der Waals surface area (Å²) in [6.45, 7) is 2.37. The van der Waals surface area contributed by atoms with E-state index in [2.05, 4.69) is 11.8 Å². The number of aryl methyl sites for hydroxylation is 1. The van der Waals surface area contributed by atoms with Gasteiger partial charge in [0.25, 0.3) is 5.91 Å². The maximum Gasteiger partial charge on any atom is 0.298 e. The van der Waals surface area contributed by atoms with E-state index in [1.807, 2.05) is 24.3 Å². The van der Waals surface area contributed by atoms with E-state index in [1.54, 1.807) is 18.9 Å². The molecule has 0 N–H and O–H groups in total. The van der Waals surface area contributed by atoms with E-state index >= 15 is 0 Å². The molecule has 1 aliphatic rings. The van der Waals surface area contributed by atoms with E-state index in [0.717, 1.165) is 18.5 Å². The molecule has 2 amide bonds. The van der Waals surface area contributed by atoms with Crippen LogP contribution < -0.4 is 4.90 Å². The second-order valence-corrected chi connectivity index (χ2v) is 4.81. The van der Waals surface area contributed by atoms with E-state index in [1.165, 1.54) is 10.5 Å². The zero-order valence-electron chi connectivity index (χ0n) is 11.8.